The first kappa shape index (κ1) is 21.4. The predicted molar refractivity (Wildman–Crippen MR) is 119 cm³/mol. The van der Waals surface area contributed by atoms with Gasteiger partial charge in [-0.3, -0.25) is 9.59 Å². The summed E-state index contributed by atoms with van der Waals surface area (Å²) in [4.78, 5) is 26.0. The number of fused-ring (bicyclic) bond motifs is 1. The molecule has 0 radical (unpaired) electrons. The molecule has 0 saturated heterocycles. The molecule has 0 bridgehead atoms. The zero-order valence-electron chi connectivity index (χ0n) is 18.4. The number of benzene rings is 2. The van der Waals surface area contributed by atoms with Gasteiger partial charge in [0.1, 0.15) is 0 Å². The van der Waals surface area contributed by atoms with Crippen molar-refractivity contribution in [2.45, 2.75) is 40.8 Å². The number of pyridine rings is 1. The lowest BCUT2D eigenvalue weighted by atomic mass is 9.99. The number of ether oxygens (including phenoxy) is 2. The molecule has 2 aromatic carbocycles. The molecule has 30 heavy (non-hydrogen) atoms. The van der Waals surface area contributed by atoms with Crippen LogP contribution in [0.25, 0.3) is 10.8 Å². The van der Waals surface area contributed by atoms with Crippen LogP contribution in [0.1, 0.15) is 39.5 Å². The number of hydrogen-bond donors (Lipinski definition) is 1. The smallest absolute Gasteiger partial charge is 0.258 e. The number of carbonyl (C=O) groups is 1. The van der Waals surface area contributed by atoms with Gasteiger partial charge in [-0.2, -0.15) is 0 Å². The molecule has 6 heteroatoms. The van der Waals surface area contributed by atoms with Crippen LogP contribution in [0.15, 0.2) is 35.3 Å². The molecule has 0 unspecified atom stereocenters. The van der Waals surface area contributed by atoms with Crippen LogP contribution >= 0.6 is 0 Å². The number of nitrogens with zero attached hydrogens (tertiary/aromatic N) is 1. The summed E-state index contributed by atoms with van der Waals surface area (Å²) in [6.07, 6.45) is 1.61. The van der Waals surface area contributed by atoms with Gasteiger partial charge in [-0.25, -0.2) is 0 Å². The third-order valence-corrected chi connectivity index (χ3v) is 5.44. The van der Waals surface area contributed by atoms with E-state index >= 15 is 0 Å². The van der Waals surface area contributed by atoms with Gasteiger partial charge in [0.2, 0.25) is 0 Å². The van der Waals surface area contributed by atoms with Crippen molar-refractivity contribution >= 4 is 16.7 Å². The third-order valence-electron chi connectivity index (χ3n) is 5.44. The maximum absolute atomic E-state index is 13.2. The normalized spacial score (nSPS) is 10.9. The van der Waals surface area contributed by atoms with Gasteiger partial charge in [-0.1, -0.05) is 17.7 Å². The Morgan fingerprint density at radius 3 is 2.07 bits per heavy atom. The Morgan fingerprint density at radius 2 is 1.53 bits per heavy atom. The van der Waals surface area contributed by atoms with Crippen molar-refractivity contribution < 1.29 is 14.3 Å². The van der Waals surface area contributed by atoms with Crippen LogP contribution in [0.4, 0.5) is 0 Å². The van der Waals surface area contributed by atoms with Gasteiger partial charge in [0.25, 0.3) is 11.5 Å². The second-order valence-corrected chi connectivity index (χ2v) is 7.45. The number of aryl methyl sites for hydroxylation is 4. The lowest BCUT2D eigenvalue weighted by molar-refractivity contribution is 0.0951. The number of nitrogens with one attached hydrogen (secondary N) is 1. The van der Waals surface area contributed by atoms with E-state index in [0.717, 1.165) is 16.7 Å². The topological polar surface area (TPSA) is 69.6 Å². The lowest BCUT2D eigenvalue weighted by Crippen LogP contribution is -2.27. The molecule has 1 heterocycles. The molecule has 6 nitrogen and oxygen atoms in total. The van der Waals surface area contributed by atoms with Crippen molar-refractivity contribution in [2.24, 2.45) is 0 Å². The highest BCUT2D eigenvalue weighted by Crippen LogP contribution is 2.32. The van der Waals surface area contributed by atoms with Crippen molar-refractivity contribution in [3.8, 4) is 11.5 Å². The third kappa shape index (κ3) is 3.90. The predicted octanol–water partition coefficient (Wildman–Crippen LogP) is 3.89. The summed E-state index contributed by atoms with van der Waals surface area (Å²) in [5.74, 6) is 0.680. The van der Waals surface area contributed by atoms with Crippen molar-refractivity contribution in [2.75, 3.05) is 14.2 Å². The molecule has 0 aliphatic rings. The fourth-order valence-corrected chi connectivity index (χ4v) is 3.89. The van der Waals surface area contributed by atoms with Gasteiger partial charge >= 0.3 is 0 Å². The zero-order valence-corrected chi connectivity index (χ0v) is 18.4. The quantitative estimate of drug-likeness (QED) is 0.672. The molecule has 3 rings (SSSR count). The first-order valence-electron chi connectivity index (χ1n) is 9.94. The molecule has 0 aliphatic heterocycles. The van der Waals surface area contributed by atoms with Crippen LogP contribution in [-0.4, -0.2) is 24.7 Å². The van der Waals surface area contributed by atoms with Gasteiger partial charge < -0.3 is 19.4 Å². The van der Waals surface area contributed by atoms with Crippen LogP contribution in [-0.2, 0) is 13.1 Å². The number of rotatable bonds is 6. The molecule has 1 amide bonds. The van der Waals surface area contributed by atoms with Crippen molar-refractivity contribution in [1.82, 2.24) is 9.88 Å². The van der Waals surface area contributed by atoms with Crippen LogP contribution in [0, 0.1) is 20.8 Å². The van der Waals surface area contributed by atoms with Crippen LogP contribution in [0.3, 0.4) is 0 Å². The molecular weight excluding hydrogens is 380 g/mol. The van der Waals surface area contributed by atoms with Crippen LogP contribution in [0.2, 0.25) is 0 Å². The Labute approximate surface area is 176 Å². The van der Waals surface area contributed by atoms with Gasteiger partial charge in [0, 0.05) is 24.7 Å². The van der Waals surface area contributed by atoms with Gasteiger partial charge in [-0.05, 0) is 56.5 Å². The molecule has 158 valence electrons. The van der Waals surface area contributed by atoms with Crippen LogP contribution < -0.4 is 20.3 Å². The Balaban J connectivity index is 2.07. The highest BCUT2D eigenvalue weighted by molar-refractivity contribution is 6.07. The Bertz CT molecular complexity index is 1160. The van der Waals surface area contributed by atoms with E-state index in [4.69, 9.17) is 9.47 Å². The summed E-state index contributed by atoms with van der Waals surface area (Å²) in [5, 5.41) is 3.98. The molecule has 0 atom stereocenters. The molecule has 0 spiro atoms. The minimum Gasteiger partial charge on any atom is -0.493 e. The lowest BCUT2D eigenvalue weighted by Gasteiger charge is -2.16. The zero-order chi connectivity index (χ0) is 22.0. The van der Waals surface area contributed by atoms with Gasteiger partial charge in [-0.15, -0.1) is 0 Å². The highest BCUT2D eigenvalue weighted by atomic mass is 16.5. The number of carbonyl (C=O) groups excluding carboxylic acids is 1. The maximum atomic E-state index is 13.2. The van der Waals surface area contributed by atoms with Crippen molar-refractivity contribution in [3.63, 3.8) is 0 Å². The summed E-state index contributed by atoms with van der Waals surface area (Å²) in [6, 6.07) is 7.54. The van der Waals surface area contributed by atoms with Crippen molar-refractivity contribution in [1.29, 1.82) is 0 Å². The second-order valence-electron chi connectivity index (χ2n) is 7.45. The van der Waals surface area contributed by atoms with E-state index in [1.807, 2.05) is 20.8 Å². The summed E-state index contributed by atoms with van der Waals surface area (Å²) in [7, 11) is 3.05. The minimum absolute atomic E-state index is 0.171. The van der Waals surface area contributed by atoms with E-state index in [9.17, 15) is 9.59 Å². The standard InChI is InChI=1S/C24H28N2O4/c1-7-26-13-20(17-10-21(29-5)22(30-6)11-18(17)24(26)28)23(27)25-12-19-15(3)8-14(2)9-16(19)4/h8-11,13H,7,12H2,1-6H3,(H,25,27). The molecule has 0 fully saturated rings. The molecule has 3 aromatic rings. The fourth-order valence-electron chi connectivity index (χ4n) is 3.89. The number of methoxy groups -OCH3 is 2. The monoisotopic (exact) mass is 408 g/mol. The first-order valence-corrected chi connectivity index (χ1v) is 9.94. The average molecular weight is 408 g/mol. The van der Waals surface area contributed by atoms with E-state index in [1.54, 1.807) is 18.3 Å². The summed E-state index contributed by atoms with van der Waals surface area (Å²) in [5.41, 5.74) is 4.83. The fraction of sp³-hybridized carbons (Fsp3) is 0.333. The number of amides is 1. The van der Waals surface area contributed by atoms with Gasteiger partial charge in [0.05, 0.1) is 25.2 Å². The van der Waals surface area contributed by atoms with Gasteiger partial charge in [0.15, 0.2) is 11.5 Å². The van der Waals surface area contributed by atoms with E-state index in [2.05, 4.69) is 24.4 Å². The summed E-state index contributed by atoms with van der Waals surface area (Å²) >= 11 is 0. The molecular formula is C24H28N2O4. The van der Waals surface area contributed by atoms with E-state index in [1.165, 1.54) is 24.4 Å². The minimum atomic E-state index is -0.242. The number of hydrogen-bond acceptors (Lipinski definition) is 4. The molecule has 1 N–H and O–H groups in total. The summed E-state index contributed by atoms with van der Waals surface area (Å²) in [6.45, 7) is 8.89. The van der Waals surface area contributed by atoms with E-state index < -0.39 is 0 Å². The molecule has 0 aliphatic carbocycles. The number of aromatic nitrogens is 1. The Hall–Kier alpha value is -3.28. The molecule has 0 saturated carbocycles. The van der Waals surface area contributed by atoms with E-state index in [-0.39, 0.29) is 11.5 Å². The summed E-state index contributed by atoms with van der Waals surface area (Å²) < 4.78 is 12.3. The molecule has 1 aromatic heterocycles. The Kier molecular flexibility index (Phi) is 6.15. The maximum Gasteiger partial charge on any atom is 0.258 e. The van der Waals surface area contributed by atoms with Crippen molar-refractivity contribution in [3.05, 3.63) is 68.6 Å². The SMILES string of the molecule is CCn1cc(C(=O)NCc2c(C)cc(C)cc2C)c2cc(OC)c(OC)cc2c1=O. The second kappa shape index (κ2) is 8.61. The van der Waals surface area contributed by atoms with Crippen LogP contribution in [0.5, 0.6) is 11.5 Å². The Morgan fingerprint density at radius 1 is 0.967 bits per heavy atom. The average Bonchev–Trinajstić information content (AvgIpc) is 2.72. The first-order chi connectivity index (χ1) is 14.3. The largest absolute Gasteiger partial charge is 0.493 e. The highest BCUT2D eigenvalue weighted by Gasteiger charge is 2.18. The van der Waals surface area contributed by atoms with E-state index in [0.29, 0.717) is 40.9 Å².